The number of rotatable bonds is 7. The third kappa shape index (κ3) is 5.14. The Labute approximate surface area is 190 Å². The van der Waals surface area contributed by atoms with Crippen molar-refractivity contribution in [1.82, 2.24) is 14.9 Å². The first-order valence-electron chi connectivity index (χ1n) is 11.3. The van der Waals surface area contributed by atoms with Gasteiger partial charge in [-0.2, -0.15) is 0 Å². The molecule has 3 aromatic rings. The standard InChI is InChI=1S/C26H31N5O/c1-19-9-10-21(18-23(19)24-8-4-5-13-27-24)29-26(32)22-11-12-25(28-20(22)2)30(3)16-17-31-14-6-7-15-31/h4-5,8-13,18H,6-7,14-17H2,1-3H3,(H,29,32). The summed E-state index contributed by atoms with van der Waals surface area (Å²) in [4.78, 5) is 26.7. The zero-order valence-electron chi connectivity index (χ0n) is 19.1. The molecule has 0 bridgehead atoms. The predicted molar refractivity (Wildman–Crippen MR) is 130 cm³/mol. The van der Waals surface area contributed by atoms with E-state index in [2.05, 4.69) is 27.1 Å². The molecule has 2 aromatic heterocycles. The van der Waals surface area contributed by atoms with Gasteiger partial charge in [-0.15, -0.1) is 0 Å². The number of likely N-dealkylation sites (tertiary alicyclic amines) is 1. The van der Waals surface area contributed by atoms with Crippen LogP contribution in [0.2, 0.25) is 0 Å². The first-order valence-corrected chi connectivity index (χ1v) is 11.3. The van der Waals surface area contributed by atoms with Crippen LogP contribution in [0.25, 0.3) is 11.3 Å². The molecule has 0 saturated carbocycles. The molecule has 1 aliphatic heterocycles. The smallest absolute Gasteiger partial charge is 0.257 e. The fourth-order valence-corrected chi connectivity index (χ4v) is 4.11. The molecule has 6 nitrogen and oxygen atoms in total. The van der Waals surface area contributed by atoms with E-state index in [1.54, 1.807) is 6.20 Å². The van der Waals surface area contributed by atoms with Gasteiger partial charge in [0.1, 0.15) is 5.82 Å². The number of pyridine rings is 2. The number of nitrogens with zero attached hydrogens (tertiary/aromatic N) is 4. The van der Waals surface area contributed by atoms with Gasteiger partial charge in [-0.1, -0.05) is 12.1 Å². The van der Waals surface area contributed by atoms with E-state index in [1.807, 2.05) is 62.4 Å². The maximum absolute atomic E-state index is 13.0. The molecule has 32 heavy (non-hydrogen) atoms. The number of anilines is 2. The Bertz CT molecular complexity index is 1080. The average Bonchev–Trinajstić information content (AvgIpc) is 3.33. The number of hydrogen-bond acceptors (Lipinski definition) is 5. The minimum absolute atomic E-state index is 0.155. The highest BCUT2D eigenvalue weighted by Crippen LogP contribution is 2.25. The molecular weight excluding hydrogens is 398 g/mol. The van der Waals surface area contributed by atoms with Crippen LogP contribution in [0.1, 0.15) is 34.5 Å². The molecule has 0 radical (unpaired) electrons. The highest BCUT2D eigenvalue weighted by molar-refractivity contribution is 6.05. The maximum atomic E-state index is 13.0. The van der Waals surface area contributed by atoms with Crippen molar-refractivity contribution in [3.63, 3.8) is 0 Å². The highest BCUT2D eigenvalue weighted by atomic mass is 16.1. The van der Waals surface area contributed by atoms with Crippen LogP contribution in [-0.4, -0.2) is 54.0 Å². The van der Waals surface area contributed by atoms with E-state index in [-0.39, 0.29) is 5.91 Å². The lowest BCUT2D eigenvalue weighted by Crippen LogP contribution is -2.32. The van der Waals surface area contributed by atoms with Crippen molar-refractivity contribution < 1.29 is 4.79 Å². The van der Waals surface area contributed by atoms with Gasteiger partial charge in [-0.25, -0.2) is 4.98 Å². The maximum Gasteiger partial charge on any atom is 0.257 e. The van der Waals surface area contributed by atoms with E-state index in [4.69, 9.17) is 4.98 Å². The number of likely N-dealkylation sites (N-methyl/N-ethyl adjacent to an activating group) is 1. The molecule has 1 N–H and O–H groups in total. The van der Waals surface area contributed by atoms with Gasteiger partial charge in [0, 0.05) is 37.6 Å². The van der Waals surface area contributed by atoms with Gasteiger partial charge >= 0.3 is 0 Å². The number of aryl methyl sites for hydroxylation is 2. The highest BCUT2D eigenvalue weighted by Gasteiger charge is 2.15. The van der Waals surface area contributed by atoms with Crippen molar-refractivity contribution in [3.05, 3.63) is 71.5 Å². The number of aromatic nitrogens is 2. The zero-order chi connectivity index (χ0) is 22.5. The predicted octanol–water partition coefficient (Wildman–Crippen LogP) is 4.54. The van der Waals surface area contributed by atoms with Crippen LogP contribution in [-0.2, 0) is 0 Å². The Morgan fingerprint density at radius 1 is 1.09 bits per heavy atom. The van der Waals surface area contributed by atoms with E-state index in [0.717, 1.165) is 47.1 Å². The van der Waals surface area contributed by atoms with Gasteiger partial charge in [0.2, 0.25) is 0 Å². The van der Waals surface area contributed by atoms with Crippen molar-refractivity contribution in [2.24, 2.45) is 0 Å². The normalized spacial score (nSPS) is 13.8. The Morgan fingerprint density at radius 3 is 2.62 bits per heavy atom. The van der Waals surface area contributed by atoms with Gasteiger partial charge < -0.3 is 15.1 Å². The van der Waals surface area contributed by atoms with E-state index in [1.165, 1.54) is 25.9 Å². The molecule has 1 aliphatic rings. The number of amides is 1. The van der Waals surface area contributed by atoms with E-state index < -0.39 is 0 Å². The summed E-state index contributed by atoms with van der Waals surface area (Å²) in [5.41, 5.74) is 5.06. The second-order valence-corrected chi connectivity index (χ2v) is 8.47. The first kappa shape index (κ1) is 22.0. The van der Waals surface area contributed by atoms with Crippen LogP contribution in [0.5, 0.6) is 0 Å². The van der Waals surface area contributed by atoms with E-state index in [0.29, 0.717) is 5.56 Å². The summed E-state index contributed by atoms with van der Waals surface area (Å²) in [6.07, 6.45) is 4.38. The number of benzene rings is 1. The second kappa shape index (κ2) is 9.92. The van der Waals surface area contributed by atoms with Crippen LogP contribution in [0, 0.1) is 13.8 Å². The SMILES string of the molecule is Cc1ccc(NC(=O)c2ccc(N(C)CCN3CCCC3)nc2C)cc1-c1ccccn1. The van der Waals surface area contributed by atoms with Crippen LogP contribution in [0.3, 0.4) is 0 Å². The molecule has 0 atom stereocenters. The van der Waals surface area contributed by atoms with Crippen molar-refractivity contribution in [1.29, 1.82) is 0 Å². The molecular formula is C26H31N5O. The van der Waals surface area contributed by atoms with Gasteiger partial charge in [0.15, 0.2) is 0 Å². The molecule has 0 unspecified atom stereocenters. The van der Waals surface area contributed by atoms with Crippen molar-refractivity contribution in [2.45, 2.75) is 26.7 Å². The Balaban J connectivity index is 1.44. The Hall–Kier alpha value is -3.25. The van der Waals surface area contributed by atoms with Gasteiger partial charge in [-0.05, 0) is 81.7 Å². The number of carbonyl (C=O) groups excluding carboxylic acids is 1. The number of hydrogen-bond donors (Lipinski definition) is 1. The molecule has 1 saturated heterocycles. The zero-order valence-corrected chi connectivity index (χ0v) is 19.1. The Morgan fingerprint density at radius 2 is 1.91 bits per heavy atom. The summed E-state index contributed by atoms with van der Waals surface area (Å²) in [6.45, 7) is 8.30. The summed E-state index contributed by atoms with van der Waals surface area (Å²) in [5.74, 6) is 0.739. The minimum Gasteiger partial charge on any atom is -0.358 e. The van der Waals surface area contributed by atoms with Gasteiger partial charge in [-0.3, -0.25) is 9.78 Å². The van der Waals surface area contributed by atoms with Gasteiger partial charge in [0.25, 0.3) is 5.91 Å². The summed E-state index contributed by atoms with van der Waals surface area (Å²) < 4.78 is 0. The lowest BCUT2D eigenvalue weighted by Gasteiger charge is -2.23. The minimum atomic E-state index is -0.155. The van der Waals surface area contributed by atoms with Crippen LogP contribution in [0.15, 0.2) is 54.7 Å². The quantitative estimate of drug-likeness (QED) is 0.597. The number of nitrogens with one attached hydrogen (secondary N) is 1. The summed E-state index contributed by atoms with van der Waals surface area (Å²) in [7, 11) is 2.06. The largest absolute Gasteiger partial charge is 0.358 e. The molecule has 1 aromatic carbocycles. The second-order valence-electron chi connectivity index (χ2n) is 8.47. The average molecular weight is 430 g/mol. The fraction of sp³-hybridized carbons (Fsp3) is 0.346. The molecule has 0 spiro atoms. The molecule has 3 heterocycles. The molecule has 4 rings (SSSR count). The third-order valence-corrected chi connectivity index (χ3v) is 6.09. The summed E-state index contributed by atoms with van der Waals surface area (Å²) in [6, 6.07) is 15.5. The molecule has 6 heteroatoms. The molecule has 1 fully saturated rings. The van der Waals surface area contributed by atoms with Crippen LogP contribution >= 0.6 is 0 Å². The van der Waals surface area contributed by atoms with E-state index >= 15 is 0 Å². The summed E-state index contributed by atoms with van der Waals surface area (Å²) >= 11 is 0. The summed E-state index contributed by atoms with van der Waals surface area (Å²) in [5, 5.41) is 3.02. The molecule has 0 aliphatic carbocycles. The first-order chi connectivity index (χ1) is 15.5. The Kier molecular flexibility index (Phi) is 6.81. The third-order valence-electron chi connectivity index (χ3n) is 6.09. The van der Waals surface area contributed by atoms with Crippen LogP contribution in [0.4, 0.5) is 11.5 Å². The van der Waals surface area contributed by atoms with Crippen LogP contribution < -0.4 is 10.2 Å². The van der Waals surface area contributed by atoms with Crippen molar-refractivity contribution in [3.8, 4) is 11.3 Å². The topological polar surface area (TPSA) is 61.4 Å². The lowest BCUT2D eigenvalue weighted by molar-refractivity contribution is 0.102. The van der Waals surface area contributed by atoms with Crippen molar-refractivity contribution >= 4 is 17.4 Å². The van der Waals surface area contributed by atoms with Gasteiger partial charge in [0.05, 0.1) is 17.0 Å². The lowest BCUT2D eigenvalue weighted by atomic mass is 10.0. The molecule has 166 valence electrons. The number of carbonyl (C=O) groups is 1. The monoisotopic (exact) mass is 429 g/mol. The van der Waals surface area contributed by atoms with E-state index in [9.17, 15) is 4.79 Å². The fourth-order valence-electron chi connectivity index (χ4n) is 4.11. The van der Waals surface area contributed by atoms with Crippen molar-refractivity contribution in [2.75, 3.05) is 43.4 Å². The molecule has 1 amide bonds.